The molecule has 1 aliphatic rings. The molecule has 2 N–H and O–H groups in total. The predicted octanol–water partition coefficient (Wildman–Crippen LogP) is 3.05. The molecule has 1 fully saturated rings. The fourth-order valence-corrected chi connectivity index (χ4v) is 2.79. The SMILES string of the molecule is CC(CNCCCC(=O)O)CC1CCCCC1. The molecule has 0 saturated heterocycles. The Labute approximate surface area is 105 Å². The summed E-state index contributed by atoms with van der Waals surface area (Å²) in [6, 6.07) is 0. The van der Waals surface area contributed by atoms with Crippen LogP contribution in [0.5, 0.6) is 0 Å². The first kappa shape index (κ1) is 14.5. The van der Waals surface area contributed by atoms with Crippen LogP contribution in [0.25, 0.3) is 0 Å². The molecule has 0 radical (unpaired) electrons. The van der Waals surface area contributed by atoms with E-state index in [0.717, 1.165) is 31.3 Å². The van der Waals surface area contributed by atoms with Crippen LogP contribution in [0.15, 0.2) is 0 Å². The first-order valence-electron chi connectivity index (χ1n) is 7.11. The molecule has 3 nitrogen and oxygen atoms in total. The van der Waals surface area contributed by atoms with Gasteiger partial charge in [-0.25, -0.2) is 0 Å². The quantitative estimate of drug-likeness (QED) is 0.642. The zero-order chi connectivity index (χ0) is 12.5. The summed E-state index contributed by atoms with van der Waals surface area (Å²) in [5.74, 6) is 0.976. The van der Waals surface area contributed by atoms with Gasteiger partial charge >= 0.3 is 5.97 Å². The lowest BCUT2D eigenvalue weighted by Crippen LogP contribution is -2.24. The zero-order valence-electron chi connectivity index (χ0n) is 11.1. The number of hydrogen-bond acceptors (Lipinski definition) is 2. The van der Waals surface area contributed by atoms with E-state index in [1.807, 2.05) is 0 Å². The van der Waals surface area contributed by atoms with Gasteiger partial charge in [-0.05, 0) is 37.8 Å². The van der Waals surface area contributed by atoms with Gasteiger partial charge < -0.3 is 10.4 Å². The van der Waals surface area contributed by atoms with E-state index in [0.29, 0.717) is 0 Å². The number of nitrogens with one attached hydrogen (secondary N) is 1. The molecule has 1 atom stereocenters. The number of carboxylic acid groups (broad SMARTS) is 1. The van der Waals surface area contributed by atoms with Gasteiger partial charge in [0.1, 0.15) is 0 Å². The van der Waals surface area contributed by atoms with Gasteiger partial charge in [0.05, 0.1) is 0 Å². The summed E-state index contributed by atoms with van der Waals surface area (Å²) in [4.78, 5) is 10.3. The first-order valence-corrected chi connectivity index (χ1v) is 7.11. The first-order chi connectivity index (χ1) is 8.18. The van der Waals surface area contributed by atoms with Gasteiger partial charge in [0.2, 0.25) is 0 Å². The van der Waals surface area contributed by atoms with E-state index >= 15 is 0 Å². The van der Waals surface area contributed by atoms with Gasteiger partial charge in [-0.15, -0.1) is 0 Å². The molecule has 0 aromatic carbocycles. The summed E-state index contributed by atoms with van der Waals surface area (Å²) >= 11 is 0. The Morgan fingerprint density at radius 2 is 2.06 bits per heavy atom. The highest BCUT2D eigenvalue weighted by Crippen LogP contribution is 2.28. The van der Waals surface area contributed by atoms with Crippen molar-refractivity contribution in [2.75, 3.05) is 13.1 Å². The molecule has 1 rings (SSSR count). The fourth-order valence-electron chi connectivity index (χ4n) is 2.79. The number of hydrogen-bond donors (Lipinski definition) is 2. The van der Waals surface area contributed by atoms with Crippen molar-refractivity contribution in [3.05, 3.63) is 0 Å². The topological polar surface area (TPSA) is 49.3 Å². The molecule has 0 aliphatic heterocycles. The molecule has 0 amide bonds. The van der Waals surface area contributed by atoms with Crippen molar-refractivity contribution >= 4 is 5.97 Å². The molecule has 100 valence electrons. The molecule has 0 bridgehead atoms. The minimum Gasteiger partial charge on any atom is -0.481 e. The van der Waals surface area contributed by atoms with Gasteiger partial charge in [0.15, 0.2) is 0 Å². The molecule has 0 aromatic heterocycles. The molecule has 0 aromatic rings. The van der Waals surface area contributed by atoms with Crippen molar-refractivity contribution in [1.82, 2.24) is 5.32 Å². The summed E-state index contributed by atoms with van der Waals surface area (Å²) in [6.07, 6.45) is 9.47. The van der Waals surface area contributed by atoms with Crippen molar-refractivity contribution < 1.29 is 9.90 Å². The second kappa shape index (κ2) is 8.51. The Hall–Kier alpha value is -0.570. The predicted molar refractivity (Wildman–Crippen MR) is 70.1 cm³/mol. The number of rotatable bonds is 8. The smallest absolute Gasteiger partial charge is 0.303 e. The Morgan fingerprint density at radius 1 is 1.35 bits per heavy atom. The fraction of sp³-hybridized carbons (Fsp3) is 0.929. The maximum absolute atomic E-state index is 10.3. The van der Waals surface area contributed by atoms with Crippen molar-refractivity contribution in [1.29, 1.82) is 0 Å². The summed E-state index contributed by atoms with van der Waals surface area (Å²) in [5, 5.41) is 11.9. The lowest BCUT2D eigenvalue weighted by atomic mass is 9.83. The van der Waals surface area contributed by atoms with E-state index in [4.69, 9.17) is 5.11 Å². The van der Waals surface area contributed by atoms with Crippen LogP contribution in [0.3, 0.4) is 0 Å². The van der Waals surface area contributed by atoms with Crippen LogP contribution in [-0.4, -0.2) is 24.2 Å². The molecule has 0 spiro atoms. The Kier molecular flexibility index (Phi) is 7.25. The highest BCUT2D eigenvalue weighted by molar-refractivity contribution is 5.66. The standard InChI is InChI=1S/C14H27NO2/c1-12(10-13-6-3-2-4-7-13)11-15-9-5-8-14(16)17/h12-13,15H,2-11H2,1H3,(H,16,17). The minimum atomic E-state index is -0.693. The highest BCUT2D eigenvalue weighted by Gasteiger charge is 2.16. The lowest BCUT2D eigenvalue weighted by molar-refractivity contribution is -0.137. The van der Waals surface area contributed by atoms with E-state index in [9.17, 15) is 4.79 Å². The molecule has 1 aliphatic carbocycles. The van der Waals surface area contributed by atoms with Crippen molar-refractivity contribution in [3.8, 4) is 0 Å². The molecule has 1 saturated carbocycles. The third kappa shape index (κ3) is 7.37. The Morgan fingerprint density at radius 3 is 2.71 bits per heavy atom. The number of carboxylic acids is 1. The molecular formula is C14H27NO2. The van der Waals surface area contributed by atoms with E-state index in [1.54, 1.807) is 0 Å². The van der Waals surface area contributed by atoms with Crippen molar-refractivity contribution in [2.45, 2.75) is 58.3 Å². The third-order valence-corrected chi connectivity index (χ3v) is 3.70. The highest BCUT2D eigenvalue weighted by atomic mass is 16.4. The van der Waals surface area contributed by atoms with Crippen LogP contribution in [0.2, 0.25) is 0 Å². The zero-order valence-corrected chi connectivity index (χ0v) is 11.1. The van der Waals surface area contributed by atoms with Crippen molar-refractivity contribution in [2.24, 2.45) is 11.8 Å². The second-order valence-corrected chi connectivity index (χ2v) is 5.55. The normalized spacial score (nSPS) is 19.1. The van der Waals surface area contributed by atoms with E-state index in [2.05, 4.69) is 12.2 Å². The van der Waals surface area contributed by atoms with Crippen molar-refractivity contribution in [3.63, 3.8) is 0 Å². The minimum absolute atomic E-state index is 0.282. The molecular weight excluding hydrogens is 214 g/mol. The summed E-state index contributed by atoms with van der Waals surface area (Å²) < 4.78 is 0. The molecule has 0 heterocycles. The molecule has 3 heteroatoms. The van der Waals surface area contributed by atoms with Crippen LogP contribution >= 0.6 is 0 Å². The van der Waals surface area contributed by atoms with Gasteiger partial charge in [-0.1, -0.05) is 39.0 Å². The average molecular weight is 241 g/mol. The maximum Gasteiger partial charge on any atom is 0.303 e. The van der Waals surface area contributed by atoms with E-state index < -0.39 is 5.97 Å². The van der Waals surface area contributed by atoms with Gasteiger partial charge in [-0.3, -0.25) is 4.79 Å². The van der Waals surface area contributed by atoms with Crippen LogP contribution in [0, 0.1) is 11.8 Å². The van der Waals surface area contributed by atoms with Gasteiger partial charge in [0.25, 0.3) is 0 Å². The molecule has 1 unspecified atom stereocenters. The van der Waals surface area contributed by atoms with E-state index in [-0.39, 0.29) is 6.42 Å². The summed E-state index contributed by atoms with van der Waals surface area (Å²) in [6.45, 7) is 4.18. The van der Waals surface area contributed by atoms with Gasteiger partial charge in [0, 0.05) is 6.42 Å². The number of carbonyl (C=O) groups is 1. The Balaban J connectivity index is 1.96. The van der Waals surface area contributed by atoms with Crippen LogP contribution in [0.4, 0.5) is 0 Å². The van der Waals surface area contributed by atoms with Gasteiger partial charge in [-0.2, -0.15) is 0 Å². The summed E-state index contributed by atoms with van der Waals surface area (Å²) in [7, 11) is 0. The monoisotopic (exact) mass is 241 g/mol. The second-order valence-electron chi connectivity index (χ2n) is 5.55. The van der Waals surface area contributed by atoms with Crippen LogP contribution in [0.1, 0.15) is 58.3 Å². The van der Waals surface area contributed by atoms with Crippen LogP contribution in [-0.2, 0) is 4.79 Å². The molecule has 17 heavy (non-hydrogen) atoms. The average Bonchev–Trinajstić information content (AvgIpc) is 2.29. The largest absolute Gasteiger partial charge is 0.481 e. The van der Waals surface area contributed by atoms with E-state index in [1.165, 1.54) is 38.5 Å². The Bertz CT molecular complexity index is 212. The van der Waals surface area contributed by atoms with Crippen LogP contribution < -0.4 is 5.32 Å². The maximum atomic E-state index is 10.3. The third-order valence-electron chi connectivity index (χ3n) is 3.70. The number of aliphatic carboxylic acids is 1. The lowest BCUT2D eigenvalue weighted by Gasteiger charge is -2.24. The summed E-state index contributed by atoms with van der Waals surface area (Å²) in [5.41, 5.74) is 0.